The maximum absolute atomic E-state index is 12.2. The Bertz CT molecular complexity index is 728. The van der Waals surface area contributed by atoms with Crippen LogP contribution in [0.3, 0.4) is 0 Å². The maximum Gasteiger partial charge on any atom is 0.243 e. The summed E-state index contributed by atoms with van der Waals surface area (Å²) in [5, 5.41) is 6.52. The number of amides is 1. The SMILES string of the molecule is COc1ccc(Cl)cc1NCC(=O)Nc1ccc(N2CCCC2)cc1. The molecule has 0 unspecified atom stereocenters. The Balaban J connectivity index is 1.55. The molecule has 1 fully saturated rings. The van der Waals surface area contributed by atoms with E-state index in [2.05, 4.69) is 15.5 Å². The van der Waals surface area contributed by atoms with Crippen molar-refractivity contribution in [2.45, 2.75) is 12.8 Å². The molecule has 25 heavy (non-hydrogen) atoms. The second kappa shape index (κ2) is 8.12. The van der Waals surface area contributed by atoms with Gasteiger partial charge in [0.2, 0.25) is 5.91 Å². The number of rotatable bonds is 6. The summed E-state index contributed by atoms with van der Waals surface area (Å²) in [6, 6.07) is 13.2. The van der Waals surface area contributed by atoms with Gasteiger partial charge in [-0.25, -0.2) is 0 Å². The smallest absolute Gasteiger partial charge is 0.243 e. The molecule has 1 saturated heterocycles. The predicted octanol–water partition coefficient (Wildman–Crippen LogP) is 4.00. The van der Waals surface area contributed by atoms with Crippen LogP contribution in [0.2, 0.25) is 5.02 Å². The van der Waals surface area contributed by atoms with Gasteiger partial charge in [-0.1, -0.05) is 11.6 Å². The van der Waals surface area contributed by atoms with Gasteiger partial charge < -0.3 is 20.3 Å². The highest BCUT2D eigenvalue weighted by Crippen LogP contribution is 2.27. The highest BCUT2D eigenvalue weighted by molar-refractivity contribution is 6.30. The molecule has 0 bridgehead atoms. The van der Waals surface area contributed by atoms with Crippen molar-refractivity contribution >= 4 is 34.6 Å². The van der Waals surface area contributed by atoms with Gasteiger partial charge in [-0.15, -0.1) is 0 Å². The molecule has 5 nitrogen and oxygen atoms in total. The molecule has 2 aromatic rings. The van der Waals surface area contributed by atoms with Gasteiger partial charge >= 0.3 is 0 Å². The van der Waals surface area contributed by atoms with Crippen LogP contribution >= 0.6 is 11.6 Å². The Kier molecular flexibility index (Phi) is 5.66. The van der Waals surface area contributed by atoms with E-state index in [1.807, 2.05) is 24.3 Å². The molecule has 1 amide bonds. The van der Waals surface area contributed by atoms with E-state index >= 15 is 0 Å². The third-order valence-electron chi connectivity index (χ3n) is 4.22. The van der Waals surface area contributed by atoms with Crippen molar-refractivity contribution in [3.8, 4) is 5.75 Å². The van der Waals surface area contributed by atoms with Crippen molar-refractivity contribution in [1.29, 1.82) is 0 Å². The molecule has 1 heterocycles. The van der Waals surface area contributed by atoms with Crippen LogP contribution in [0.15, 0.2) is 42.5 Å². The average Bonchev–Trinajstić information content (AvgIpc) is 3.15. The van der Waals surface area contributed by atoms with Gasteiger partial charge in [0.15, 0.2) is 0 Å². The van der Waals surface area contributed by atoms with E-state index in [1.54, 1.807) is 25.3 Å². The van der Waals surface area contributed by atoms with Crippen molar-refractivity contribution in [3.63, 3.8) is 0 Å². The van der Waals surface area contributed by atoms with E-state index in [9.17, 15) is 4.79 Å². The first-order valence-electron chi connectivity index (χ1n) is 8.38. The maximum atomic E-state index is 12.2. The summed E-state index contributed by atoms with van der Waals surface area (Å²) in [6.07, 6.45) is 2.49. The highest BCUT2D eigenvalue weighted by Gasteiger charge is 2.12. The van der Waals surface area contributed by atoms with Crippen LogP contribution < -0.4 is 20.3 Å². The minimum absolute atomic E-state index is 0.129. The largest absolute Gasteiger partial charge is 0.495 e. The molecule has 0 radical (unpaired) electrons. The molecule has 0 aromatic heterocycles. The Morgan fingerprint density at radius 3 is 2.56 bits per heavy atom. The third-order valence-corrected chi connectivity index (χ3v) is 4.46. The number of carbonyl (C=O) groups excluding carboxylic acids is 1. The lowest BCUT2D eigenvalue weighted by atomic mass is 10.2. The van der Waals surface area contributed by atoms with Gasteiger partial charge in [-0.2, -0.15) is 0 Å². The Morgan fingerprint density at radius 2 is 1.88 bits per heavy atom. The minimum atomic E-state index is -0.129. The lowest BCUT2D eigenvalue weighted by molar-refractivity contribution is -0.114. The van der Waals surface area contributed by atoms with Gasteiger partial charge in [0.1, 0.15) is 5.75 Å². The zero-order chi connectivity index (χ0) is 17.6. The molecule has 2 aromatic carbocycles. The number of anilines is 3. The lowest BCUT2D eigenvalue weighted by Crippen LogP contribution is -2.22. The number of hydrogen-bond acceptors (Lipinski definition) is 4. The van der Waals surface area contributed by atoms with Crippen LogP contribution in [0.4, 0.5) is 17.1 Å². The predicted molar refractivity (Wildman–Crippen MR) is 103 cm³/mol. The number of hydrogen-bond donors (Lipinski definition) is 2. The normalized spacial score (nSPS) is 13.6. The van der Waals surface area contributed by atoms with Crippen LogP contribution in [0.25, 0.3) is 0 Å². The molecule has 1 aliphatic rings. The van der Waals surface area contributed by atoms with E-state index in [-0.39, 0.29) is 12.5 Å². The van der Waals surface area contributed by atoms with E-state index < -0.39 is 0 Å². The molecule has 1 aliphatic heterocycles. The van der Waals surface area contributed by atoms with Crippen LogP contribution in [0, 0.1) is 0 Å². The fraction of sp³-hybridized carbons (Fsp3) is 0.316. The second-order valence-electron chi connectivity index (χ2n) is 5.99. The molecule has 0 atom stereocenters. The van der Waals surface area contributed by atoms with E-state index in [0.717, 1.165) is 18.8 Å². The number of halogens is 1. The molecule has 0 aliphatic carbocycles. The fourth-order valence-electron chi connectivity index (χ4n) is 2.93. The molecular weight excluding hydrogens is 338 g/mol. The second-order valence-corrected chi connectivity index (χ2v) is 6.42. The monoisotopic (exact) mass is 359 g/mol. The number of ether oxygens (including phenoxy) is 1. The summed E-state index contributed by atoms with van der Waals surface area (Å²) in [6.45, 7) is 2.35. The van der Waals surface area contributed by atoms with Crippen molar-refractivity contribution < 1.29 is 9.53 Å². The molecular formula is C19H22ClN3O2. The molecule has 0 spiro atoms. The first-order valence-corrected chi connectivity index (χ1v) is 8.76. The van der Waals surface area contributed by atoms with Crippen molar-refractivity contribution in [2.75, 3.05) is 42.3 Å². The van der Waals surface area contributed by atoms with Gasteiger partial charge in [-0.05, 0) is 55.3 Å². The Morgan fingerprint density at radius 1 is 1.16 bits per heavy atom. The molecule has 132 valence electrons. The Hall–Kier alpha value is -2.40. The summed E-state index contributed by atoms with van der Waals surface area (Å²) in [7, 11) is 1.58. The van der Waals surface area contributed by atoms with Gasteiger partial charge in [0.05, 0.1) is 19.3 Å². The first kappa shape index (κ1) is 17.4. The lowest BCUT2D eigenvalue weighted by Gasteiger charge is -2.18. The summed E-state index contributed by atoms with van der Waals surface area (Å²) in [5.41, 5.74) is 2.68. The van der Waals surface area contributed by atoms with E-state index in [0.29, 0.717) is 16.5 Å². The van der Waals surface area contributed by atoms with Crippen LogP contribution in [-0.2, 0) is 4.79 Å². The molecule has 3 rings (SSSR count). The zero-order valence-corrected chi connectivity index (χ0v) is 15.0. The molecule has 0 saturated carbocycles. The quantitative estimate of drug-likeness (QED) is 0.818. The first-order chi connectivity index (χ1) is 12.2. The highest BCUT2D eigenvalue weighted by atomic mass is 35.5. The summed E-state index contributed by atoms with van der Waals surface area (Å²) in [5.74, 6) is 0.517. The van der Waals surface area contributed by atoms with Gasteiger partial charge in [-0.3, -0.25) is 4.79 Å². The van der Waals surface area contributed by atoms with Crippen molar-refractivity contribution in [2.24, 2.45) is 0 Å². The number of methoxy groups -OCH3 is 1. The Labute approximate surface area is 152 Å². The van der Waals surface area contributed by atoms with Crippen LogP contribution in [-0.4, -0.2) is 32.7 Å². The minimum Gasteiger partial charge on any atom is -0.495 e. The van der Waals surface area contributed by atoms with Gasteiger partial charge in [0, 0.05) is 29.5 Å². The van der Waals surface area contributed by atoms with E-state index in [1.165, 1.54) is 18.5 Å². The standard InChI is InChI=1S/C19H22ClN3O2/c1-25-18-9-4-14(20)12-17(18)21-13-19(24)22-15-5-7-16(8-6-15)23-10-2-3-11-23/h4-9,12,21H,2-3,10-11,13H2,1H3,(H,22,24). The summed E-state index contributed by atoms with van der Waals surface area (Å²) < 4.78 is 5.26. The van der Waals surface area contributed by atoms with Crippen molar-refractivity contribution in [3.05, 3.63) is 47.5 Å². The number of nitrogens with one attached hydrogen (secondary N) is 2. The third kappa shape index (κ3) is 4.57. The summed E-state index contributed by atoms with van der Waals surface area (Å²) >= 11 is 5.99. The van der Waals surface area contributed by atoms with Crippen molar-refractivity contribution in [1.82, 2.24) is 0 Å². The molecule has 6 heteroatoms. The topological polar surface area (TPSA) is 53.6 Å². The van der Waals surface area contributed by atoms with Gasteiger partial charge in [0.25, 0.3) is 0 Å². The molecule has 2 N–H and O–H groups in total. The zero-order valence-electron chi connectivity index (χ0n) is 14.2. The van der Waals surface area contributed by atoms with Crippen LogP contribution in [0.1, 0.15) is 12.8 Å². The van der Waals surface area contributed by atoms with Crippen LogP contribution in [0.5, 0.6) is 5.75 Å². The number of carbonyl (C=O) groups is 1. The number of benzene rings is 2. The average molecular weight is 360 g/mol. The number of nitrogens with zero attached hydrogens (tertiary/aromatic N) is 1. The van der Waals surface area contributed by atoms with E-state index in [4.69, 9.17) is 16.3 Å². The summed E-state index contributed by atoms with van der Waals surface area (Å²) in [4.78, 5) is 14.5. The fourth-order valence-corrected chi connectivity index (χ4v) is 3.10.